The molecule has 5 atom stereocenters. The summed E-state index contributed by atoms with van der Waals surface area (Å²) < 4.78 is 49.4. The van der Waals surface area contributed by atoms with Crippen LogP contribution < -0.4 is 4.72 Å². The molecule has 0 radical (unpaired) electrons. The van der Waals surface area contributed by atoms with Crippen molar-refractivity contribution in [2.75, 3.05) is 20.3 Å². The first-order chi connectivity index (χ1) is 19.4. The molecule has 0 fully saturated rings. The van der Waals surface area contributed by atoms with Gasteiger partial charge in [0.2, 0.25) is 10.0 Å². The average molecular weight is 595 g/mol. The van der Waals surface area contributed by atoms with Crippen LogP contribution in [0.2, 0.25) is 0 Å². The zero-order chi connectivity index (χ0) is 30.4. The first-order valence-corrected chi connectivity index (χ1v) is 14.5. The predicted octanol–water partition coefficient (Wildman–Crippen LogP) is 2.61. The Balaban J connectivity index is 2.04. The molecule has 1 aliphatic heterocycles. The molecule has 13 heteroatoms. The summed E-state index contributed by atoms with van der Waals surface area (Å²) in [6.45, 7) is 6.21. The quantitative estimate of drug-likeness (QED) is 0.0800. The van der Waals surface area contributed by atoms with E-state index in [2.05, 4.69) is 14.6 Å². The number of ether oxygens (including phenoxy) is 4. The van der Waals surface area contributed by atoms with Gasteiger partial charge in [0, 0.05) is 20.3 Å². The van der Waals surface area contributed by atoms with Crippen molar-refractivity contribution in [2.45, 2.75) is 69.8 Å². The maximum Gasteiger partial charge on any atom is 0.309 e. The minimum absolute atomic E-state index is 0.0393. The molecule has 0 saturated carbocycles. The van der Waals surface area contributed by atoms with Crippen molar-refractivity contribution in [1.29, 1.82) is 0 Å². The van der Waals surface area contributed by atoms with Gasteiger partial charge in [-0.1, -0.05) is 48.0 Å². The third-order valence-electron chi connectivity index (χ3n) is 5.91. The number of benzene rings is 1. The van der Waals surface area contributed by atoms with Gasteiger partial charge in [-0.05, 0) is 31.1 Å². The highest BCUT2D eigenvalue weighted by atomic mass is 32.2. The minimum Gasteiger partial charge on any atom is -0.469 e. The van der Waals surface area contributed by atoms with Gasteiger partial charge < -0.3 is 23.8 Å². The number of esters is 3. The van der Waals surface area contributed by atoms with Gasteiger partial charge in [0.1, 0.15) is 25.4 Å². The van der Waals surface area contributed by atoms with Crippen LogP contribution in [0.25, 0.3) is 0 Å². The van der Waals surface area contributed by atoms with Gasteiger partial charge in [-0.25, -0.2) is 13.1 Å². The summed E-state index contributed by atoms with van der Waals surface area (Å²) in [5.41, 5.74) is 0.922. The van der Waals surface area contributed by atoms with Gasteiger partial charge in [0.15, 0.2) is 0 Å². The molecular formula is C28H38N2O10S. The highest BCUT2D eigenvalue weighted by molar-refractivity contribution is 7.89. The van der Waals surface area contributed by atoms with E-state index < -0.39 is 58.2 Å². The molecule has 0 saturated heterocycles. The summed E-state index contributed by atoms with van der Waals surface area (Å²) in [7, 11) is -2.60. The van der Waals surface area contributed by atoms with Crippen LogP contribution in [0.5, 0.6) is 0 Å². The van der Waals surface area contributed by atoms with Gasteiger partial charge in [-0.2, -0.15) is 0 Å². The fourth-order valence-electron chi connectivity index (χ4n) is 3.66. The first kappa shape index (κ1) is 33.7. The number of sulfonamides is 1. The number of rotatable bonds is 15. The van der Waals surface area contributed by atoms with Crippen LogP contribution in [0.1, 0.15) is 39.2 Å². The van der Waals surface area contributed by atoms with E-state index in [0.29, 0.717) is 6.42 Å². The van der Waals surface area contributed by atoms with Crippen LogP contribution in [0.3, 0.4) is 0 Å². The molecule has 1 aromatic carbocycles. The molecule has 226 valence electrons. The number of aryl methyl sites for hydroxylation is 1. The second kappa shape index (κ2) is 16.7. The van der Waals surface area contributed by atoms with Crippen molar-refractivity contribution in [2.24, 2.45) is 11.1 Å². The Morgan fingerprint density at radius 2 is 1.83 bits per heavy atom. The van der Waals surface area contributed by atoms with Gasteiger partial charge in [-0.3, -0.25) is 14.4 Å². The van der Waals surface area contributed by atoms with Crippen LogP contribution in [-0.2, 0) is 48.2 Å². The molecule has 0 amide bonds. The van der Waals surface area contributed by atoms with Crippen molar-refractivity contribution < 1.29 is 46.6 Å². The van der Waals surface area contributed by atoms with Crippen LogP contribution in [0.4, 0.5) is 0 Å². The molecule has 1 heterocycles. The number of oxime groups is 1. The first-order valence-electron chi connectivity index (χ1n) is 13.0. The van der Waals surface area contributed by atoms with Crippen molar-refractivity contribution in [3.8, 4) is 0 Å². The molecule has 1 N–H and O–H groups in total. The number of nitrogens with one attached hydrogen (secondary N) is 1. The molecule has 41 heavy (non-hydrogen) atoms. The third kappa shape index (κ3) is 12.2. The minimum atomic E-state index is -3.88. The fourth-order valence-corrected chi connectivity index (χ4v) is 4.92. The van der Waals surface area contributed by atoms with Gasteiger partial charge >= 0.3 is 17.9 Å². The molecule has 0 spiro atoms. The molecule has 0 aliphatic carbocycles. The zero-order valence-electron chi connectivity index (χ0n) is 23.8. The Labute approximate surface area is 240 Å². The summed E-state index contributed by atoms with van der Waals surface area (Å²) in [5.74, 6) is -1.79. The lowest BCUT2D eigenvalue weighted by Crippen LogP contribution is -2.41. The van der Waals surface area contributed by atoms with Crippen LogP contribution in [-0.4, -0.2) is 77.2 Å². The number of methoxy groups -OCH3 is 1. The molecule has 0 aromatic heterocycles. The van der Waals surface area contributed by atoms with Crippen molar-refractivity contribution in [3.63, 3.8) is 0 Å². The van der Waals surface area contributed by atoms with E-state index in [4.69, 9.17) is 19.0 Å². The summed E-state index contributed by atoms with van der Waals surface area (Å²) in [6, 6.07) is 5.64. The number of hydrogen-bond acceptors (Lipinski definition) is 11. The van der Waals surface area contributed by atoms with E-state index in [1.807, 2.05) is 6.92 Å². The third-order valence-corrected chi connectivity index (χ3v) is 7.39. The Morgan fingerprint density at radius 1 is 1.12 bits per heavy atom. The lowest BCUT2D eigenvalue weighted by atomic mass is 10.0. The van der Waals surface area contributed by atoms with Gasteiger partial charge in [-0.15, -0.1) is 0 Å². The molecule has 2 rings (SSSR count). The molecule has 1 aliphatic rings. The van der Waals surface area contributed by atoms with Gasteiger partial charge in [0.05, 0.1) is 36.8 Å². The summed E-state index contributed by atoms with van der Waals surface area (Å²) in [4.78, 5) is 39.5. The summed E-state index contributed by atoms with van der Waals surface area (Å²) in [5, 5.41) is 3.97. The Hall–Kier alpha value is -3.55. The predicted molar refractivity (Wildman–Crippen MR) is 149 cm³/mol. The fraction of sp³-hybridized carbons (Fsp3) is 0.500. The van der Waals surface area contributed by atoms with Crippen molar-refractivity contribution >= 4 is 34.1 Å². The second-order valence-corrected chi connectivity index (χ2v) is 11.1. The summed E-state index contributed by atoms with van der Waals surface area (Å²) >= 11 is 0. The topological polar surface area (TPSA) is 156 Å². The number of nitrogens with zero attached hydrogens (tertiary/aromatic N) is 1. The lowest BCUT2D eigenvalue weighted by molar-refractivity contribution is -0.164. The highest BCUT2D eigenvalue weighted by Crippen LogP contribution is 2.19. The zero-order valence-corrected chi connectivity index (χ0v) is 24.7. The maximum absolute atomic E-state index is 13.0. The van der Waals surface area contributed by atoms with Crippen molar-refractivity contribution in [1.82, 2.24) is 4.72 Å². The number of carbonyl (C=O) groups is 3. The number of hydrogen-bond donors (Lipinski definition) is 1. The average Bonchev–Trinajstić information content (AvgIpc) is 2.91. The smallest absolute Gasteiger partial charge is 0.309 e. The molecule has 12 nitrogen and oxygen atoms in total. The SMILES string of the molecule is COC(=O)C/C=C/[C@@H](C)[C@@H](C=NOCC[C@@H]1C=C[C@H](OC(C)=O)[C@@H](COC(C)=O)O1)NS(=O)(=O)c1ccc(C)cc1. The van der Waals surface area contributed by atoms with E-state index in [9.17, 15) is 22.8 Å². The molecular weight excluding hydrogens is 556 g/mol. The van der Waals surface area contributed by atoms with E-state index in [-0.39, 0.29) is 24.5 Å². The van der Waals surface area contributed by atoms with E-state index in [0.717, 1.165) is 5.56 Å². The van der Waals surface area contributed by atoms with Gasteiger partial charge in [0.25, 0.3) is 0 Å². The molecule has 0 bridgehead atoms. The second-order valence-electron chi connectivity index (χ2n) is 9.38. The highest BCUT2D eigenvalue weighted by Gasteiger charge is 2.30. The monoisotopic (exact) mass is 594 g/mol. The molecule has 1 aromatic rings. The van der Waals surface area contributed by atoms with E-state index in [1.165, 1.54) is 39.3 Å². The Morgan fingerprint density at radius 3 is 2.46 bits per heavy atom. The van der Waals surface area contributed by atoms with Crippen molar-refractivity contribution in [3.05, 3.63) is 54.1 Å². The molecule has 0 unspecified atom stereocenters. The standard InChI is InChI=1S/C28H38N2O10S/c1-19-9-12-24(13-10-19)41(34,35)30-25(20(2)7-6-8-28(33)36-5)17-29-38-16-15-23-11-14-26(39-22(4)32)27(40-23)18-37-21(3)31/h6-7,9-14,17,20,23,25-27,30H,8,15-16,18H2,1-5H3/b7-6+,29-17?/t20-,23+,25-,26+,27-/m1/s1. The maximum atomic E-state index is 13.0. The largest absolute Gasteiger partial charge is 0.469 e. The van der Waals surface area contributed by atoms with Crippen LogP contribution >= 0.6 is 0 Å². The normalized spacial score (nSPS) is 20.5. The van der Waals surface area contributed by atoms with E-state index >= 15 is 0 Å². The van der Waals surface area contributed by atoms with Crippen LogP contribution in [0, 0.1) is 12.8 Å². The van der Waals surface area contributed by atoms with E-state index in [1.54, 1.807) is 43.4 Å². The Bertz CT molecular complexity index is 1210. The van der Waals surface area contributed by atoms with Crippen LogP contribution in [0.15, 0.2) is 58.6 Å². The lowest BCUT2D eigenvalue weighted by Gasteiger charge is -2.31. The number of carbonyl (C=O) groups excluding carboxylic acids is 3. The Kier molecular flexibility index (Phi) is 13.7. The summed E-state index contributed by atoms with van der Waals surface area (Å²) in [6.07, 6.45) is 6.63.